The quantitative estimate of drug-likeness (QED) is 0.443. The highest BCUT2D eigenvalue weighted by molar-refractivity contribution is 9.10. The monoisotopic (exact) mass is 601 g/mol. The lowest BCUT2D eigenvalue weighted by Gasteiger charge is -2.34. The van der Waals surface area contributed by atoms with E-state index in [4.69, 9.17) is 9.47 Å². The molecule has 0 spiro atoms. The van der Waals surface area contributed by atoms with Gasteiger partial charge in [0, 0.05) is 51.3 Å². The van der Waals surface area contributed by atoms with Gasteiger partial charge in [-0.15, -0.1) is 0 Å². The van der Waals surface area contributed by atoms with Crippen molar-refractivity contribution >= 4 is 45.6 Å². The van der Waals surface area contributed by atoms with Crippen molar-refractivity contribution in [1.82, 2.24) is 39.6 Å². The smallest absolute Gasteiger partial charge is 0.410 e. The largest absolute Gasteiger partial charge is 0.444 e. The van der Waals surface area contributed by atoms with Gasteiger partial charge in [-0.05, 0) is 36.7 Å². The van der Waals surface area contributed by atoms with Gasteiger partial charge < -0.3 is 29.5 Å². The fraction of sp³-hybridized carbons (Fsp3) is 0.542. The molecule has 0 saturated carbocycles. The highest BCUT2D eigenvalue weighted by Crippen LogP contribution is 2.19. The first kappa shape index (κ1) is 27.0. The van der Waals surface area contributed by atoms with E-state index in [9.17, 15) is 4.79 Å². The summed E-state index contributed by atoms with van der Waals surface area (Å²) in [6, 6.07) is 0. The highest BCUT2D eigenvalue weighted by atomic mass is 79.9. The molecule has 1 amide bonds. The second-order valence-corrected chi connectivity index (χ2v) is 11.2. The van der Waals surface area contributed by atoms with E-state index in [1.807, 2.05) is 27.0 Å². The summed E-state index contributed by atoms with van der Waals surface area (Å²) in [7, 11) is 0. The molecule has 2 aliphatic rings. The van der Waals surface area contributed by atoms with E-state index < -0.39 is 5.60 Å². The molecule has 1 atom stereocenters. The molecule has 5 heterocycles. The van der Waals surface area contributed by atoms with Crippen LogP contribution in [-0.4, -0.2) is 103 Å². The number of halogens is 1. The molecule has 2 fully saturated rings. The number of nitrogens with zero attached hydrogens (tertiary/aromatic N) is 10. The van der Waals surface area contributed by atoms with Crippen LogP contribution in [0.15, 0.2) is 35.6 Å². The molecule has 39 heavy (non-hydrogen) atoms. The second-order valence-electron chi connectivity index (χ2n) is 10.3. The lowest BCUT2D eigenvalue weighted by Crippen LogP contribution is -2.48. The number of rotatable bonds is 6. The Labute approximate surface area is 234 Å². The lowest BCUT2D eigenvalue weighted by atomic mass is 10.2. The van der Waals surface area contributed by atoms with Gasteiger partial charge in [-0.25, -0.2) is 24.7 Å². The standard InChI is InChI=1S/C24H32BrN11O3/c1-24(2,3)39-23(37)35-8-9-38-19(14-35)15-36-13-18(12-30-36)31-20-28-16-29-22(32-20)34-6-4-33(5-7-34)21-26-10-17(25)11-27-21/h10-13,16,19H,4-9,14-15H2,1-3H3,(H,28,29,31,32)/t19-/m0/s1. The van der Waals surface area contributed by atoms with E-state index in [1.165, 1.54) is 6.33 Å². The van der Waals surface area contributed by atoms with Crippen molar-refractivity contribution in [2.45, 2.75) is 39.0 Å². The SMILES string of the molecule is CC(C)(C)OC(=O)N1CCO[C@H](Cn2cc(Nc3ncnc(N4CCN(c5ncc(Br)cn5)CC4)n3)cn2)C1. The molecule has 5 rings (SSSR count). The molecule has 2 aliphatic heterocycles. The first-order valence-corrected chi connectivity index (χ1v) is 13.6. The number of nitrogens with one attached hydrogen (secondary N) is 1. The van der Waals surface area contributed by atoms with Gasteiger partial charge in [-0.2, -0.15) is 10.1 Å². The average molecular weight is 602 g/mol. The van der Waals surface area contributed by atoms with E-state index >= 15 is 0 Å². The van der Waals surface area contributed by atoms with Crippen molar-refractivity contribution in [2.24, 2.45) is 0 Å². The zero-order chi connectivity index (χ0) is 27.4. The van der Waals surface area contributed by atoms with Gasteiger partial charge in [0.2, 0.25) is 17.8 Å². The molecule has 0 unspecified atom stereocenters. The first-order valence-electron chi connectivity index (χ1n) is 12.8. The van der Waals surface area contributed by atoms with Crippen LogP contribution in [0.1, 0.15) is 20.8 Å². The van der Waals surface area contributed by atoms with E-state index in [0.717, 1.165) is 36.3 Å². The Morgan fingerprint density at radius 3 is 2.49 bits per heavy atom. The molecule has 14 nitrogen and oxygen atoms in total. The molecule has 0 aromatic carbocycles. The maximum absolute atomic E-state index is 12.4. The maximum Gasteiger partial charge on any atom is 0.410 e. The zero-order valence-electron chi connectivity index (χ0n) is 22.2. The molecule has 0 aliphatic carbocycles. The molecule has 3 aromatic heterocycles. The fourth-order valence-electron chi connectivity index (χ4n) is 4.26. The number of hydrogen-bond donors (Lipinski definition) is 1. The van der Waals surface area contributed by atoms with Gasteiger partial charge in [-0.1, -0.05) is 0 Å². The maximum atomic E-state index is 12.4. The molecule has 208 valence electrons. The number of hydrogen-bond acceptors (Lipinski definition) is 12. The van der Waals surface area contributed by atoms with Gasteiger partial charge in [0.15, 0.2) is 0 Å². The van der Waals surface area contributed by atoms with Gasteiger partial charge in [0.25, 0.3) is 0 Å². The van der Waals surface area contributed by atoms with Gasteiger partial charge in [0.05, 0.1) is 42.2 Å². The van der Waals surface area contributed by atoms with Crippen LogP contribution in [-0.2, 0) is 16.0 Å². The third-order valence-corrected chi connectivity index (χ3v) is 6.49. The Hall–Kier alpha value is -3.59. The Kier molecular flexibility index (Phi) is 8.07. The van der Waals surface area contributed by atoms with Crippen LogP contribution in [0, 0.1) is 0 Å². The molecule has 2 saturated heterocycles. The Balaban J connectivity index is 1.14. The average Bonchev–Trinajstić information content (AvgIpc) is 3.35. The van der Waals surface area contributed by atoms with Gasteiger partial charge >= 0.3 is 6.09 Å². The summed E-state index contributed by atoms with van der Waals surface area (Å²) < 4.78 is 14.0. The van der Waals surface area contributed by atoms with Gasteiger partial charge in [-0.3, -0.25) is 4.68 Å². The molecule has 0 radical (unpaired) electrons. The summed E-state index contributed by atoms with van der Waals surface area (Å²) in [6.45, 7) is 10.5. The van der Waals surface area contributed by atoms with E-state index in [0.29, 0.717) is 44.1 Å². The van der Waals surface area contributed by atoms with Crippen LogP contribution < -0.4 is 15.1 Å². The van der Waals surface area contributed by atoms with E-state index in [1.54, 1.807) is 28.2 Å². The normalized spacial score (nSPS) is 18.3. The number of carbonyl (C=O) groups excluding carboxylic acids is 1. The van der Waals surface area contributed by atoms with Crippen molar-refractivity contribution < 1.29 is 14.3 Å². The summed E-state index contributed by atoms with van der Waals surface area (Å²) >= 11 is 3.37. The summed E-state index contributed by atoms with van der Waals surface area (Å²) in [5.74, 6) is 1.75. The summed E-state index contributed by atoms with van der Waals surface area (Å²) in [5.41, 5.74) is 0.204. The van der Waals surface area contributed by atoms with Crippen LogP contribution >= 0.6 is 15.9 Å². The van der Waals surface area contributed by atoms with Crippen LogP contribution in [0.5, 0.6) is 0 Å². The van der Waals surface area contributed by atoms with Crippen molar-refractivity contribution in [3.8, 4) is 0 Å². The summed E-state index contributed by atoms with van der Waals surface area (Å²) in [4.78, 5) is 40.4. The van der Waals surface area contributed by atoms with E-state index in [-0.39, 0.29) is 12.2 Å². The molecule has 15 heteroatoms. The fourth-order valence-corrected chi connectivity index (χ4v) is 4.47. The van der Waals surface area contributed by atoms with Crippen LogP contribution in [0.4, 0.5) is 28.3 Å². The van der Waals surface area contributed by atoms with Crippen LogP contribution in [0.3, 0.4) is 0 Å². The minimum atomic E-state index is -0.536. The van der Waals surface area contributed by atoms with Crippen molar-refractivity contribution in [2.75, 3.05) is 61.0 Å². The van der Waals surface area contributed by atoms with E-state index in [2.05, 4.69) is 61.1 Å². The minimum absolute atomic E-state index is 0.190. The molecule has 1 N–H and O–H groups in total. The Bertz CT molecular complexity index is 1260. The molecular formula is C24H32BrN11O3. The Morgan fingerprint density at radius 2 is 1.77 bits per heavy atom. The topological polar surface area (TPSA) is 140 Å². The predicted octanol–water partition coefficient (Wildman–Crippen LogP) is 2.33. The molecule has 3 aromatic rings. The number of piperazine rings is 1. The number of amides is 1. The predicted molar refractivity (Wildman–Crippen MR) is 147 cm³/mol. The number of anilines is 4. The lowest BCUT2D eigenvalue weighted by molar-refractivity contribution is -0.0483. The second kappa shape index (κ2) is 11.7. The highest BCUT2D eigenvalue weighted by Gasteiger charge is 2.28. The van der Waals surface area contributed by atoms with Crippen LogP contribution in [0.2, 0.25) is 0 Å². The van der Waals surface area contributed by atoms with Crippen molar-refractivity contribution in [3.63, 3.8) is 0 Å². The summed E-state index contributed by atoms with van der Waals surface area (Å²) in [5, 5.41) is 7.63. The first-order chi connectivity index (χ1) is 18.7. The summed E-state index contributed by atoms with van der Waals surface area (Å²) in [6.07, 6.45) is 8.05. The third kappa shape index (κ3) is 7.29. The van der Waals surface area contributed by atoms with Crippen LogP contribution in [0.25, 0.3) is 0 Å². The number of ether oxygens (including phenoxy) is 2. The number of aromatic nitrogens is 7. The minimum Gasteiger partial charge on any atom is -0.444 e. The Morgan fingerprint density at radius 1 is 1.05 bits per heavy atom. The molecule has 0 bridgehead atoms. The zero-order valence-corrected chi connectivity index (χ0v) is 23.8. The molecular weight excluding hydrogens is 570 g/mol. The number of carbonyl (C=O) groups is 1. The van der Waals surface area contributed by atoms with Crippen molar-refractivity contribution in [3.05, 3.63) is 35.6 Å². The third-order valence-electron chi connectivity index (χ3n) is 6.08. The van der Waals surface area contributed by atoms with Crippen molar-refractivity contribution in [1.29, 1.82) is 0 Å². The number of morpholine rings is 1. The van der Waals surface area contributed by atoms with Gasteiger partial charge in [0.1, 0.15) is 11.9 Å².